The van der Waals surface area contributed by atoms with Gasteiger partial charge in [-0.2, -0.15) is 5.06 Å². The van der Waals surface area contributed by atoms with Gasteiger partial charge < -0.3 is 15.1 Å². The number of amides is 2. The summed E-state index contributed by atoms with van der Waals surface area (Å²) in [6.07, 6.45) is 1.19. The van der Waals surface area contributed by atoms with Crippen LogP contribution in [-0.2, 0) is 20.8 Å². The Labute approximate surface area is 201 Å². The fourth-order valence-electron chi connectivity index (χ4n) is 4.72. The molecule has 1 heterocycles. The van der Waals surface area contributed by atoms with E-state index in [0.29, 0.717) is 31.0 Å². The summed E-state index contributed by atoms with van der Waals surface area (Å²) < 4.78 is 0. The Morgan fingerprint density at radius 3 is 2.12 bits per heavy atom. The normalized spacial score (nSPS) is 15.8. The third kappa shape index (κ3) is 5.24. The Hall–Kier alpha value is -2.41. The minimum absolute atomic E-state index is 0.0916. The van der Waals surface area contributed by atoms with Crippen LogP contribution in [0.2, 0.25) is 5.02 Å². The summed E-state index contributed by atoms with van der Waals surface area (Å²) in [5.74, 6) is -0.248. The van der Waals surface area contributed by atoms with E-state index in [-0.39, 0.29) is 18.2 Å². The second-order valence-electron chi connectivity index (χ2n) is 9.01. The number of para-hydroxylation sites is 1. The van der Waals surface area contributed by atoms with Gasteiger partial charge in [0, 0.05) is 30.8 Å². The molecule has 0 bridgehead atoms. The number of halogens is 1. The highest BCUT2D eigenvalue weighted by atomic mass is 35.5. The maximum absolute atomic E-state index is 13.8. The molecule has 7 heteroatoms. The van der Waals surface area contributed by atoms with E-state index in [2.05, 4.69) is 5.32 Å². The van der Waals surface area contributed by atoms with Gasteiger partial charge in [-0.25, -0.2) is 0 Å². The van der Waals surface area contributed by atoms with Crippen LogP contribution in [0.3, 0.4) is 0 Å². The van der Waals surface area contributed by atoms with Crippen molar-refractivity contribution in [2.75, 3.05) is 32.6 Å². The minimum atomic E-state index is -0.963. The lowest BCUT2D eigenvalue weighted by Crippen LogP contribution is -2.62. The highest BCUT2D eigenvalue weighted by Gasteiger charge is 2.47. The summed E-state index contributed by atoms with van der Waals surface area (Å²) in [5, 5.41) is 5.63. The van der Waals surface area contributed by atoms with Crippen LogP contribution in [-0.4, -0.2) is 54.6 Å². The summed E-state index contributed by atoms with van der Waals surface area (Å²) in [5.41, 5.74) is 4.74. The molecule has 6 nitrogen and oxygen atoms in total. The number of nitrogens with one attached hydrogen (secondary N) is 1. The van der Waals surface area contributed by atoms with Gasteiger partial charge in [0.05, 0.1) is 13.5 Å². The molecule has 0 radical (unpaired) electrons. The zero-order valence-corrected chi connectivity index (χ0v) is 21.2. The van der Waals surface area contributed by atoms with Gasteiger partial charge in [0.1, 0.15) is 5.54 Å². The van der Waals surface area contributed by atoms with Crippen LogP contribution >= 0.6 is 11.6 Å². The molecule has 1 aliphatic heterocycles. The van der Waals surface area contributed by atoms with Gasteiger partial charge in [-0.15, -0.1) is 0 Å². The first-order chi connectivity index (χ1) is 15.6. The van der Waals surface area contributed by atoms with Crippen molar-refractivity contribution in [1.82, 2.24) is 9.96 Å². The quantitative estimate of drug-likeness (QED) is 0.668. The van der Waals surface area contributed by atoms with Gasteiger partial charge in [-0.3, -0.25) is 9.59 Å². The Bertz CT molecular complexity index is 1000. The van der Waals surface area contributed by atoms with Gasteiger partial charge in [-0.1, -0.05) is 29.8 Å². The van der Waals surface area contributed by atoms with Gasteiger partial charge in [0.25, 0.3) is 0 Å². The first kappa shape index (κ1) is 25.2. The van der Waals surface area contributed by atoms with E-state index in [1.807, 2.05) is 63.1 Å². The van der Waals surface area contributed by atoms with Crippen LogP contribution in [0, 0.1) is 27.7 Å². The monoisotopic (exact) mass is 471 g/mol. The first-order valence-electron chi connectivity index (χ1n) is 11.3. The number of piperidine rings is 1. The molecule has 0 spiro atoms. The highest BCUT2D eigenvalue weighted by Crippen LogP contribution is 2.32. The molecule has 178 valence electrons. The van der Waals surface area contributed by atoms with Crippen LogP contribution in [0.4, 0.5) is 5.69 Å². The van der Waals surface area contributed by atoms with Crippen molar-refractivity contribution < 1.29 is 14.4 Å². The van der Waals surface area contributed by atoms with Gasteiger partial charge in [-0.05, 0) is 80.5 Å². The summed E-state index contributed by atoms with van der Waals surface area (Å²) >= 11 is 6.17. The molecule has 0 unspecified atom stereocenters. The lowest BCUT2D eigenvalue weighted by atomic mass is 9.84. The molecule has 33 heavy (non-hydrogen) atoms. The maximum Gasteiger partial charge on any atom is 0.250 e. The predicted molar refractivity (Wildman–Crippen MR) is 132 cm³/mol. The van der Waals surface area contributed by atoms with E-state index in [9.17, 15) is 9.59 Å². The summed E-state index contributed by atoms with van der Waals surface area (Å²) in [7, 11) is 3.38. The molecule has 1 N–H and O–H groups in total. The van der Waals surface area contributed by atoms with Crippen molar-refractivity contribution in [1.29, 1.82) is 0 Å². The van der Waals surface area contributed by atoms with Gasteiger partial charge in [0.15, 0.2) is 0 Å². The van der Waals surface area contributed by atoms with E-state index in [4.69, 9.17) is 16.4 Å². The van der Waals surface area contributed by atoms with Crippen molar-refractivity contribution in [3.63, 3.8) is 0 Å². The zero-order chi connectivity index (χ0) is 24.3. The number of hydroxylamine groups is 2. The Morgan fingerprint density at radius 1 is 1.06 bits per heavy atom. The van der Waals surface area contributed by atoms with Crippen LogP contribution in [0.15, 0.2) is 30.3 Å². The Balaban J connectivity index is 1.91. The van der Waals surface area contributed by atoms with Crippen LogP contribution < -0.4 is 5.32 Å². The molecule has 2 amide bonds. The third-order valence-corrected chi connectivity index (χ3v) is 7.17. The number of aryl methyl sites for hydroxylation is 4. The topological polar surface area (TPSA) is 61.9 Å². The van der Waals surface area contributed by atoms with Crippen LogP contribution in [0.1, 0.15) is 40.7 Å². The van der Waals surface area contributed by atoms with Crippen molar-refractivity contribution in [3.05, 3.63) is 63.2 Å². The summed E-state index contributed by atoms with van der Waals surface area (Å²) in [6, 6.07) is 9.67. The lowest BCUT2D eigenvalue weighted by molar-refractivity contribution is -0.171. The van der Waals surface area contributed by atoms with E-state index < -0.39 is 5.54 Å². The van der Waals surface area contributed by atoms with Gasteiger partial charge >= 0.3 is 0 Å². The van der Waals surface area contributed by atoms with Gasteiger partial charge in [0.2, 0.25) is 11.8 Å². The number of hydrogen-bond acceptors (Lipinski definition) is 4. The number of likely N-dealkylation sites (N-methyl/N-ethyl adjacent to an activating group) is 1. The molecule has 3 rings (SSSR count). The molecule has 2 aromatic rings. The lowest BCUT2D eigenvalue weighted by Gasteiger charge is -2.45. The fraction of sp³-hybridized carbons (Fsp3) is 0.462. The second-order valence-corrected chi connectivity index (χ2v) is 9.45. The van der Waals surface area contributed by atoms with E-state index in [0.717, 1.165) is 33.5 Å². The van der Waals surface area contributed by atoms with Crippen molar-refractivity contribution in [2.24, 2.45) is 0 Å². The molecular weight excluding hydrogens is 438 g/mol. The Morgan fingerprint density at radius 2 is 1.61 bits per heavy atom. The largest absolute Gasteiger partial charge is 0.331 e. The predicted octanol–water partition coefficient (Wildman–Crippen LogP) is 4.61. The van der Waals surface area contributed by atoms with E-state index in [1.165, 1.54) is 0 Å². The minimum Gasteiger partial charge on any atom is -0.331 e. The summed E-state index contributed by atoms with van der Waals surface area (Å²) in [4.78, 5) is 34.3. The number of nitrogens with zero attached hydrogens (tertiary/aromatic N) is 2. The van der Waals surface area contributed by atoms with E-state index in [1.54, 1.807) is 19.1 Å². The van der Waals surface area contributed by atoms with Crippen molar-refractivity contribution >= 4 is 29.1 Å². The molecule has 1 fully saturated rings. The average Bonchev–Trinajstić information content (AvgIpc) is 2.78. The smallest absolute Gasteiger partial charge is 0.250 e. The van der Waals surface area contributed by atoms with Crippen molar-refractivity contribution in [2.45, 2.75) is 52.5 Å². The fourth-order valence-corrected chi connectivity index (χ4v) is 5.05. The molecule has 1 aliphatic rings. The molecule has 0 aromatic heterocycles. The standard InChI is InChI=1S/C26H34ClN3O3/c1-17-8-7-9-18(2)24(17)28-25(32)26(10-12-30(33-6)13-11-26)29(5)23(31)16-22-19(3)14-21(27)15-20(22)4/h7-9,14-15H,10-13,16H2,1-6H3,(H,28,32). The molecule has 0 saturated carbocycles. The number of anilines is 1. The zero-order valence-electron chi connectivity index (χ0n) is 20.4. The number of rotatable bonds is 6. The second kappa shape index (κ2) is 10.2. The third-order valence-electron chi connectivity index (χ3n) is 6.96. The molecule has 2 aromatic carbocycles. The number of carbonyl (C=O) groups is 2. The van der Waals surface area contributed by atoms with Crippen LogP contribution in [0.5, 0.6) is 0 Å². The first-order valence-corrected chi connectivity index (χ1v) is 11.7. The molecule has 1 saturated heterocycles. The number of carbonyl (C=O) groups excluding carboxylic acids is 2. The molecular formula is C26H34ClN3O3. The highest BCUT2D eigenvalue weighted by molar-refractivity contribution is 6.30. The number of hydrogen-bond donors (Lipinski definition) is 1. The van der Waals surface area contributed by atoms with E-state index >= 15 is 0 Å². The van der Waals surface area contributed by atoms with Crippen molar-refractivity contribution in [3.8, 4) is 0 Å². The summed E-state index contributed by atoms with van der Waals surface area (Å²) in [6.45, 7) is 9.00. The number of benzene rings is 2. The van der Waals surface area contributed by atoms with Crippen LogP contribution in [0.25, 0.3) is 0 Å². The molecule has 0 aliphatic carbocycles. The maximum atomic E-state index is 13.8. The average molecular weight is 472 g/mol. The molecule has 0 atom stereocenters. The SMILES string of the molecule is CON1CCC(C(=O)Nc2c(C)cccc2C)(N(C)C(=O)Cc2c(C)cc(Cl)cc2C)CC1. The Kier molecular flexibility index (Phi) is 7.83.